The van der Waals surface area contributed by atoms with E-state index in [0.717, 1.165) is 5.56 Å². The second-order valence-electron chi connectivity index (χ2n) is 4.47. The van der Waals surface area contributed by atoms with E-state index in [2.05, 4.69) is 20.3 Å². The lowest BCUT2D eigenvalue weighted by atomic mass is 10.2. The number of carbonyl (C=O) groups excluding carboxylic acids is 1. The number of amides is 1. The molecule has 0 saturated carbocycles. The number of nitrogens with one attached hydrogen (secondary N) is 1. The summed E-state index contributed by atoms with van der Waals surface area (Å²) in [7, 11) is 0. The van der Waals surface area contributed by atoms with Crippen molar-refractivity contribution in [3.8, 4) is 5.95 Å². The van der Waals surface area contributed by atoms with Gasteiger partial charge in [0.05, 0.1) is 18.1 Å². The second kappa shape index (κ2) is 6.45. The van der Waals surface area contributed by atoms with Crippen LogP contribution < -0.4 is 5.32 Å². The maximum atomic E-state index is 11.8. The highest BCUT2D eigenvalue weighted by Crippen LogP contribution is 2.07. The van der Waals surface area contributed by atoms with Gasteiger partial charge in [0.1, 0.15) is 6.33 Å². The van der Waals surface area contributed by atoms with E-state index in [1.807, 2.05) is 30.3 Å². The first-order chi connectivity index (χ1) is 10.8. The molecule has 1 N–H and O–H groups in total. The van der Waals surface area contributed by atoms with Gasteiger partial charge in [-0.15, -0.1) is 0 Å². The molecular weight excluding hydrogens is 278 g/mol. The zero-order valence-electron chi connectivity index (χ0n) is 11.6. The highest BCUT2D eigenvalue weighted by atomic mass is 16.1. The number of hydrogen-bond donors (Lipinski definition) is 1. The highest BCUT2D eigenvalue weighted by Gasteiger charge is 2.01. The minimum Gasteiger partial charge on any atom is -0.320 e. The number of aromatic nitrogens is 4. The Morgan fingerprint density at radius 3 is 2.59 bits per heavy atom. The molecule has 3 aromatic rings. The predicted octanol–water partition coefficient (Wildman–Crippen LogP) is 2.31. The predicted molar refractivity (Wildman–Crippen MR) is 83.3 cm³/mol. The number of hydrogen-bond acceptors (Lipinski definition) is 4. The molecule has 2 heterocycles. The van der Waals surface area contributed by atoms with Crippen LogP contribution in [0.5, 0.6) is 0 Å². The van der Waals surface area contributed by atoms with Gasteiger partial charge in [-0.3, -0.25) is 9.36 Å². The summed E-state index contributed by atoms with van der Waals surface area (Å²) in [6.07, 6.45) is 11.3. The first kappa shape index (κ1) is 13.7. The third-order valence-corrected chi connectivity index (χ3v) is 2.87. The lowest BCUT2D eigenvalue weighted by molar-refractivity contribution is -0.111. The fraction of sp³-hybridized carbons (Fsp3) is 0. The van der Waals surface area contributed by atoms with Gasteiger partial charge in [-0.1, -0.05) is 30.3 Å². The van der Waals surface area contributed by atoms with Crippen LogP contribution in [0, 0.1) is 0 Å². The molecule has 0 atom stereocenters. The van der Waals surface area contributed by atoms with Crippen LogP contribution in [0.15, 0.2) is 67.5 Å². The van der Waals surface area contributed by atoms with Crippen molar-refractivity contribution in [2.75, 3.05) is 5.32 Å². The van der Waals surface area contributed by atoms with Crippen LogP contribution in [0.3, 0.4) is 0 Å². The largest absolute Gasteiger partial charge is 0.320 e. The molecule has 3 rings (SSSR count). The number of nitrogens with zero attached hydrogens (tertiary/aromatic N) is 4. The monoisotopic (exact) mass is 291 g/mol. The highest BCUT2D eigenvalue weighted by molar-refractivity contribution is 6.01. The number of carbonyl (C=O) groups is 1. The Bertz CT molecular complexity index is 764. The maximum Gasteiger partial charge on any atom is 0.248 e. The zero-order chi connectivity index (χ0) is 15.2. The summed E-state index contributed by atoms with van der Waals surface area (Å²) in [4.78, 5) is 24.1. The van der Waals surface area contributed by atoms with Gasteiger partial charge in [0.2, 0.25) is 11.9 Å². The summed E-state index contributed by atoms with van der Waals surface area (Å²) < 4.78 is 1.68. The fourth-order valence-corrected chi connectivity index (χ4v) is 1.82. The van der Waals surface area contributed by atoms with E-state index in [4.69, 9.17) is 0 Å². The van der Waals surface area contributed by atoms with E-state index in [1.165, 1.54) is 6.08 Å². The molecule has 1 aromatic carbocycles. The van der Waals surface area contributed by atoms with Crippen LogP contribution in [0.4, 0.5) is 5.69 Å². The van der Waals surface area contributed by atoms with Crippen LogP contribution in [0.2, 0.25) is 0 Å². The molecule has 1 amide bonds. The van der Waals surface area contributed by atoms with Gasteiger partial charge in [-0.05, 0) is 11.6 Å². The zero-order valence-corrected chi connectivity index (χ0v) is 11.6. The molecule has 0 bridgehead atoms. The Kier molecular flexibility index (Phi) is 4.01. The Hall–Kier alpha value is -3.28. The average Bonchev–Trinajstić information content (AvgIpc) is 3.09. The van der Waals surface area contributed by atoms with Crippen LogP contribution >= 0.6 is 0 Å². The summed E-state index contributed by atoms with van der Waals surface area (Å²) in [5.41, 5.74) is 1.50. The van der Waals surface area contributed by atoms with E-state index >= 15 is 0 Å². The molecule has 0 fully saturated rings. The molecule has 6 heteroatoms. The van der Waals surface area contributed by atoms with Gasteiger partial charge in [0, 0.05) is 18.5 Å². The molecule has 2 aromatic heterocycles. The molecule has 0 radical (unpaired) electrons. The number of anilines is 1. The van der Waals surface area contributed by atoms with Gasteiger partial charge in [-0.2, -0.15) is 0 Å². The topological polar surface area (TPSA) is 72.7 Å². The quantitative estimate of drug-likeness (QED) is 0.749. The van der Waals surface area contributed by atoms with Gasteiger partial charge in [-0.25, -0.2) is 15.0 Å². The maximum absolute atomic E-state index is 11.8. The molecule has 0 unspecified atom stereocenters. The Morgan fingerprint density at radius 1 is 1.14 bits per heavy atom. The number of benzene rings is 1. The lowest BCUT2D eigenvalue weighted by Crippen LogP contribution is -2.09. The molecule has 0 aliphatic carbocycles. The van der Waals surface area contributed by atoms with E-state index in [9.17, 15) is 4.79 Å². The summed E-state index contributed by atoms with van der Waals surface area (Å²) in [5, 5.41) is 2.71. The van der Waals surface area contributed by atoms with Gasteiger partial charge < -0.3 is 5.32 Å². The van der Waals surface area contributed by atoms with E-state index in [1.54, 1.807) is 41.8 Å². The van der Waals surface area contributed by atoms with Crippen LogP contribution in [0.25, 0.3) is 12.0 Å². The van der Waals surface area contributed by atoms with Crippen molar-refractivity contribution in [1.82, 2.24) is 19.5 Å². The van der Waals surface area contributed by atoms with Crippen molar-refractivity contribution in [2.45, 2.75) is 0 Å². The van der Waals surface area contributed by atoms with Crippen LogP contribution in [-0.2, 0) is 4.79 Å². The van der Waals surface area contributed by atoms with Gasteiger partial charge in [0.15, 0.2) is 0 Å². The second-order valence-corrected chi connectivity index (χ2v) is 4.47. The van der Waals surface area contributed by atoms with Crippen molar-refractivity contribution >= 4 is 17.7 Å². The van der Waals surface area contributed by atoms with Gasteiger partial charge >= 0.3 is 0 Å². The summed E-state index contributed by atoms with van der Waals surface area (Å²) in [5.74, 6) is 0.262. The molecule has 6 nitrogen and oxygen atoms in total. The van der Waals surface area contributed by atoms with E-state index in [-0.39, 0.29) is 5.91 Å². The lowest BCUT2D eigenvalue weighted by Gasteiger charge is -2.03. The first-order valence-corrected chi connectivity index (χ1v) is 6.66. The van der Waals surface area contributed by atoms with E-state index < -0.39 is 0 Å². The number of imidazole rings is 1. The summed E-state index contributed by atoms with van der Waals surface area (Å²) in [6.45, 7) is 0. The Labute approximate surface area is 127 Å². The van der Waals surface area contributed by atoms with E-state index in [0.29, 0.717) is 11.6 Å². The van der Waals surface area contributed by atoms with Crippen molar-refractivity contribution in [3.63, 3.8) is 0 Å². The molecule has 0 saturated heterocycles. The molecule has 0 spiro atoms. The summed E-state index contributed by atoms with van der Waals surface area (Å²) >= 11 is 0. The Balaban J connectivity index is 1.63. The average molecular weight is 291 g/mol. The molecule has 0 aliphatic heterocycles. The van der Waals surface area contributed by atoms with Crippen molar-refractivity contribution < 1.29 is 4.79 Å². The molecule has 108 valence electrons. The minimum absolute atomic E-state index is 0.233. The summed E-state index contributed by atoms with van der Waals surface area (Å²) in [6, 6.07) is 9.61. The SMILES string of the molecule is O=C(/C=C/c1ccccc1)Nc1cnc(-n2ccnc2)nc1. The smallest absolute Gasteiger partial charge is 0.248 e. The van der Waals surface area contributed by atoms with Crippen molar-refractivity contribution in [1.29, 1.82) is 0 Å². The minimum atomic E-state index is -0.233. The number of rotatable bonds is 4. The third kappa shape index (κ3) is 3.43. The van der Waals surface area contributed by atoms with Crippen LogP contribution in [-0.4, -0.2) is 25.4 Å². The van der Waals surface area contributed by atoms with Gasteiger partial charge in [0.25, 0.3) is 0 Å². The van der Waals surface area contributed by atoms with Crippen molar-refractivity contribution in [3.05, 3.63) is 73.1 Å². The van der Waals surface area contributed by atoms with Crippen LogP contribution in [0.1, 0.15) is 5.56 Å². The Morgan fingerprint density at radius 2 is 1.91 bits per heavy atom. The standard InChI is InChI=1S/C16H13N5O/c22-15(7-6-13-4-2-1-3-5-13)20-14-10-18-16(19-11-14)21-9-8-17-12-21/h1-12H,(H,20,22)/b7-6+. The molecule has 22 heavy (non-hydrogen) atoms. The molecule has 0 aliphatic rings. The normalized spacial score (nSPS) is 10.7. The molecular formula is C16H13N5O. The fourth-order valence-electron chi connectivity index (χ4n) is 1.82. The first-order valence-electron chi connectivity index (χ1n) is 6.66. The third-order valence-electron chi connectivity index (χ3n) is 2.87. The van der Waals surface area contributed by atoms with Crippen molar-refractivity contribution in [2.24, 2.45) is 0 Å².